The van der Waals surface area contributed by atoms with Gasteiger partial charge in [0.25, 0.3) is 0 Å². The molecule has 0 aliphatic rings. The summed E-state index contributed by atoms with van der Waals surface area (Å²) in [5.41, 5.74) is 0.475. The van der Waals surface area contributed by atoms with Gasteiger partial charge in [-0.15, -0.1) is 0 Å². The maximum atomic E-state index is 13.1. The van der Waals surface area contributed by atoms with Crippen LogP contribution < -0.4 is 10.6 Å². The molecule has 23 heavy (non-hydrogen) atoms. The van der Waals surface area contributed by atoms with Crippen LogP contribution in [0.5, 0.6) is 0 Å². The average Bonchev–Trinajstić information content (AvgIpc) is 2.47. The van der Waals surface area contributed by atoms with Crippen LogP contribution in [0, 0.1) is 0 Å². The van der Waals surface area contributed by atoms with Gasteiger partial charge in [0.15, 0.2) is 0 Å². The molecule has 122 valence electrons. The van der Waals surface area contributed by atoms with Crippen molar-refractivity contribution in [3.63, 3.8) is 0 Å². The van der Waals surface area contributed by atoms with Crippen molar-refractivity contribution >= 4 is 23.2 Å². The first-order valence-electron chi connectivity index (χ1n) is 6.77. The topological polar surface area (TPSA) is 41.1 Å². The minimum atomic E-state index is -4.50. The highest BCUT2D eigenvalue weighted by atomic mass is 35.5. The van der Waals surface area contributed by atoms with Crippen molar-refractivity contribution < 1.29 is 18.0 Å². The quantitative estimate of drug-likeness (QED) is 0.856. The van der Waals surface area contributed by atoms with E-state index in [9.17, 15) is 18.0 Å². The van der Waals surface area contributed by atoms with E-state index in [1.807, 2.05) is 0 Å². The number of amides is 1. The second-order valence-corrected chi connectivity index (χ2v) is 5.26. The van der Waals surface area contributed by atoms with Crippen LogP contribution in [-0.2, 0) is 4.79 Å². The molecule has 0 saturated carbocycles. The van der Waals surface area contributed by atoms with Gasteiger partial charge in [0.1, 0.15) is 6.04 Å². The summed E-state index contributed by atoms with van der Waals surface area (Å²) >= 11 is 5.78. The van der Waals surface area contributed by atoms with Gasteiger partial charge in [-0.25, -0.2) is 0 Å². The molecule has 1 amide bonds. The summed E-state index contributed by atoms with van der Waals surface area (Å²) in [5.74, 6) is -0.586. The minimum absolute atomic E-state index is 0.0514. The molecule has 0 spiro atoms. The first kappa shape index (κ1) is 17.3. The number of alkyl halides is 3. The Labute approximate surface area is 136 Å². The van der Waals surface area contributed by atoms with Crippen LogP contribution >= 0.6 is 11.6 Å². The van der Waals surface area contributed by atoms with E-state index in [1.54, 1.807) is 24.3 Å². The molecule has 0 radical (unpaired) electrons. The lowest BCUT2D eigenvalue weighted by Gasteiger charge is -2.21. The molecule has 0 heterocycles. The summed E-state index contributed by atoms with van der Waals surface area (Å²) in [7, 11) is 0. The Hall–Kier alpha value is -2.05. The third-order valence-corrected chi connectivity index (χ3v) is 3.27. The zero-order valence-electron chi connectivity index (χ0n) is 11.9. The number of nitrogens with one attached hydrogen (secondary N) is 2. The molecule has 2 N–H and O–H groups in total. The number of carbonyl (C=O) groups excluding carboxylic acids is 1. The third kappa shape index (κ3) is 5.26. The van der Waals surface area contributed by atoms with Gasteiger partial charge in [-0.1, -0.05) is 48.0 Å². The predicted molar refractivity (Wildman–Crippen MR) is 83.3 cm³/mol. The molecule has 0 aromatic heterocycles. The monoisotopic (exact) mass is 342 g/mol. The van der Waals surface area contributed by atoms with E-state index in [-0.39, 0.29) is 5.56 Å². The molecule has 3 nitrogen and oxygen atoms in total. The van der Waals surface area contributed by atoms with Crippen molar-refractivity contribution in [2.45, 2.75) is 12.2 Å². The highest BCUT2D eigenvalue weighted by Crippen LogP contribution is 2.32. The lowest BCUT2D eigenvalue weighted by Crippen LogP contribution is -2.38. The van der Waals surface area contributed by atoms with Gasteiger partial charge < -0.3 is 5.32 Å². The second kappa shape index (κ2) is 7.48. The number of benzene rings is 2. The first-order chi connectivity index (χ1) is 10.9. The Kier molecular flexibility index (Phi) is 5.63. The summed E-state index contributed by atoms with van der Waals surface area (Å²) in [6.45, 7) is -0.481. The summed E-state index contributed by atoms with van der Waals surface area (Å²) < 4.78 is 39.4. The van der Waals surface area contributed by atoms with Crippen LogP contribution in [0.4, 0.5) is 18.9 Å². The molecule has 2 rings (SSSR count). The van der Waals surface area contributed by atoms with Crippen LogP contribution in [0.25, 0.3) is 0 Å². The van der Waals surface area contributed by atoms with Crippen LogP contribution in [0.2, 0.25) is 5.02 Å². The van der Waals surface area contributed by atoms with Gasteiger partial charge in [-0.3, -0.25) is 10.1 Å². The zero-order chi connectivity index (χ0) is 16.9. The first-order valence-corrected chi connectivity index (χ1v) is 7.14. The van der Waals surface area contributed by atoms with Crippen molar-refractivity contribution in [3.8, 4) is 0 Å². The molecule has 0 fully saturated rings. The van der Waals surface area contributed by atoms with Crippen LogP contribution in [0.15, 0.2) is 54.6 Å². The summed E-state index contributed by atoms with van der Waals surface area (Å²) in [6.07, 6.45) is -4.50. The summed E-state index contributed by atoms with van der Waals surface area (Å²) in [5, 5.41) is 5.15. The molecule has 0 aliphatic carbocycles. The molecule has 1 atom stereocenters. The molecule has 2 aromatic rings. The number of hydrogen-bond donors (Lipinski definition) is 2. The summed E-state index contributed by atoms with van der Waals surface area (Å²) in [4.78, 5) is 11.8. The normalized spacial score (nSPS) is 12.7. The fourth-order valence-electron chi connectivity index (χ4n) is 2.03. The zero-order valence-corrected chi connectivity index (χ0v) is 12.7. The Morgan fingerprint density at radius 3 is 2.39 bits per heavy atom. The number of carbonyl (C=O) groups is 1. The molecule has 0 bridgehead atoms. The molecule has 7 heteroatoms. The van der Waals surface area contributed by atoms with Gasteiger partial charge in [0.2, 0.25) is 5.91 Å². The molecule has 2 aromatic carbocycles. The van der Waals surface area contributed by atoms with Crippen molar-refractivity contribution in [2.24, 2.45) is 0 Å². The van der Waals surface area contributed by atoms with Crippen molar-refractivity contribution in [2.75, 3.05) is 11.9 Å². The lowest BCUT2D eigenvalue weighted by molar-refractivity contribution is -0.158. The SMILES string of the molecule is O=C(CNC(c1ccccc1)C(F)(F)F)Nc1cccc(Cl)c1. The van der Waals surface area contributed by atoms with Gasteiger partial charge in [-0.05, 0) is 23.8 Å². The maximum Gasteiger partial charge on any atom is 0.407 e. The predicted octanol–water partition coefficient (Wildman–Crippen LogP) is 4.17. The number of hydrogen-bond acceptors (Lipinski definition) is 2. The van der Waals surface area contributed by atoms with E-state index in [2.05, 4.69) is 10.6 Å². The molecular weight excluding hydrogens is 329 g/mol. The lowest BCUT2D eigenvalue weighted by atomic mass is 10.1. The van der Waals surface area contributed by atoms with E-state index in [4.69, 9.17) is 11.6 Å². The summed E-state index contributed by atoms with van der Waals surface area (Å²) in [6, 6.07) is 11.8. The Morgan fingerprint density at radius 2 is 1.78 bits per heavy atom. The maximum absolute atomic E-state index is 13.1. The van der Waals surface area contributed by atoms with Gasteiger partial charge in [0.05, 0.1) is 6.54 Å². The molecule has 0 saturated heterocycles. The Balaban J connectivity index is 2.00. The van der Waals surface area contributed by atoms with E-state index < -0.39 is 24.7 Å². The van der Waals surface area contributed by atoms with E-state index in [1.165, 1.54) is 30.3 Å². The third-order valence-electron chi connectivity index (χ3n) is 3.04. The Bertz CT molecular complexity index is 662. The van der Waals surface area contributed by atoms with E-state index >= 15 is 0 Å². The largest absolute Gasteiger partial charge is 0.407 e. The minimum Gasteiger partial charge on any atom is -0.325 e. The average molecular weight is 343 g/mol. The van der Waals surface area contributed by atoms with E-state index in [0.717, 1.165) is 0 Å². The Morgan fingerprint density at radius 1 is 1.09 bits per heavy atom. The fraction of sp³-hybridized carbons (Fsp3) is 0.188. The van der Waals surface area contributed by atoms with Crippen molar-refractivity contribution in [1.29, 1.82) is 0 Å². The highest BCUT2D eigenvalue weighted by Gasteiger charge is 2.40. The molecular formula is C16H14ClF3N2O. The van der Waals surface area contributed by atoms with Crippen LogP contribution in [0.1, 0.15) is 11.6 Å². The highest BCUT2D eigenvalue weighted by molar-refractivity contribution is 6.30. The smallest absolute Gasteiger partial charge is 0.325 e. The fourth-order valence-corrected chi connectivity index (χ4v) is 2.22. The van der Waals surface area contributed by atoms with E-state index in [0.29, 0.717) is 10.7 Å². The van der Waals surface area contributed by atoms with Crippen molar-refractivity contribution in [1.82, 2.24) is 5.32 Å². The second-order valence-electron chi connectivity index (χ2n) is 4.82. The number of anilines is 1. The number of halogens is 4. The molecule has 1 unspecified atom stereocenters. The van der Waals surface area contributed by atoms with Gasteiger partial charge >= 0.3 is 6.18 Å². The van der Waals surface area contributed by atoms with Gasteiger partial charge in [0, 0.05) is 10.7 Å². The standard InChI is InChI=1S/C16H14ClF3N2O/c17-12-7-4-8-13(9-12)22-14(23)10-21-15(16(18,19)20)11-5-2-1-3-6-11/h1-9,15,21H,10H2,(H,22,23). The van der Waals surface area contributed by atoms with Crippen LogP contribution in [0.3, 0.4) is 0 Å². The van der Waals surface area contributed by atoms with Crippen molar-refractivity contribution in [3.05, 3.63) is 65.2 Å². The van der Waals surface area contributed by atoms with Crippen LogP contribution in [-0.4, -0.2) is 18.6 Å². The van der Waals surface area contributed by atoms with Gasteiger partial charge in [-0.2, -0.15) is 13.2 Å². The number of rotatable bonds is 5. The molecule has 0 aliphatic heterocycles.